The molecule has 0 aliphatic carbocycles. The fourth-order valence-corrected chi connectivity index (χ4v) is 2.65. The van der Waals surface area contributed by atoms with Crippen LogP contribution in [-0.2, 0) is 17.9 Å². The normalized spacial score (nSPS) is 10.6. The fourth-order valence-electron chi connectivity index (χ4n) is 2.65. The van der Waals surface area contributed by atoms with E-state index in [0.29, 0.717) is 19.5 Å². The quantitative estimate of drug-likeness (QED) is 0.719. The predicted octanol–water partition coefficient (Wildman–Crippen LogP) is 2.76. The minimum absolute atomic E-state index is 0.0139. The number of aryl methyl sites for hydroxylation is 1. The number of hydrogen-bond acceptors (Lipinski definition) is 4. The maximum Gasteiger partial charge on any atom is 0.222 e. The van der Waals surface area contributed by atoms with Crippen molar-refractivity contribution in [2.24, 2.45) is 0 Å². The van der Waals surface area contributed by atoms with Gasteiger partial charge in [0.2, 0.25) is 5.91 Å². The van der Waals surface area contributed by atoms with E-state index in [-0.39, 0.29) is 5.91 Å². The van der Waals surface area contributed by atoms with Crippen molar-refractivity contribution in [1.82, 2.24) is 15.1 Å². The Kier molecular flexibility index (Phi) is 5.18. The lowest BCUT2D eigenvalue weighted by atomic mass is 10.2. The molecule has 1 aromatic heterocycles. The Balaban J connectivity index is 1.55. The first-order chi connectivity index (χ1) is 12.2. The summed E-state index contributed by atoms with van der Waals surface area (Å²) >= 11 is 0. The highest BCUT2D eigenvalue weighted by molar-refractivity contribution is 5.80. The number of nitrogens with zero attached hydrogens (tertiary/aromatic N) is 2. The Morgan fingerprint density at radius 3 is 2.72 bits per heavy atom. The Bertz CT molecular complexity index is 873. The topological polar surface area (TPSA) is 65.4 Å². The van der Waals surface area contributed by atoms with E-state index >= 15 is 0 Å². The molecule has 1 N–H and O–H groups in total. The van der Waals surface area contributed by atoms with Gasteiger partial charge in [-0.2, -0.15) is 5.10 Å². The van der Waals surface area contributed by atoms with Gasteiger partial charge in [0.25, 0.3) is 0 Å². The summed E-state index contributed by atoms with van der Waals surface area (Å²) in [6, 6.07) is 13.4. The zero-order valence-corrected chi connectivity index (χ0v) is 14.4. The monoisotopic (exact) mass is 339 g/mol. The predicted molar refractivity (Wildman–Crippen MR) is 95.7 cm³/mol. The molecule has 3 rings (SSSR count). The highest BCUT2D eigenvalue weighted by atomic mass is 16.5. The van der Waals surface area contributed by atoms with Crippen molar-refractivity contribution in [2.45, 2.75) is 19.5 Å². The molecule has 6 nitrogen and oxygen atoms in total. The molecule has 0 bridgehead atoms. The van der Waals surface area contributed by atoms with Crippen molar-refractivity contribution in [3.05, 3.63) is 54.2 Å². The number of methoxy groups -OCH3 is 2. The molecule has 3 aromatic rings. The molecule has 25 heavy (non-hydrogen) atoms. The number of benzene rings is 2. The first kappa shape index (κ1) is 16.8. The zero-order chi connectivity index (χ0) is 17.6. The summed E-state index contributed by atoms with van der Waals surface area (Å²) in [4.78, 5) is 12.1. The van der Waals surface area contributed by atoms with Crippen LogP contribution in [0.15, 0.2) is 48.7 Å². The van der Waals surface area contributed by atoms with E-state index in [1.54, 1.807) is 20.4 Å². The van der Waals surface area contributed by atoms with Crippen LogP contribution >= 0.6 is 0 Å². The van der Waals surface area contributed by atoms with E-state index < -0.39 is 0 Å². The summed E-state index contributed by atoms with van der Waals surface area (Å²) in [5.74, 6) is 1.56. The number of ether oxygens (including phenoxy) is 2. The van der Waals surface area contributed by atoms with Gasteiger partial charge in [-0.05, 0) is 35.9 Å². The van der Waals surface area contributed by atoms with Crippen LogP contribution in [-0.4, -0.2) is 29.9 Å². The number of carbonyl (C=O) groups is 1. The second-order valence-corrected chi connectivity index (χ2v) is 5.67. The number of rotatable bonds is 7. The van der Waals surface area contributed by atoms with Gasteiger partial charge in [0.05, 0.1) is 32.5 Å². The number of aromatic nitrogens is 2. The number of carbonyl (C=O) groups excluding carboxylic acids is 1. The SMILES string of the molecule is COc1cccc(CNC(=O)CCn2ncc3cc(OC)ccc32)c1. The molecule has 0 saturated heterocycles. The minimum Gasteiger partial charge on any atom is -0.497 e. The van der Waals surface area contributed by atoms with Crippen LogP contribution in [0.4, 0.5) is 0 Å². The highest BCUT2D eigenvalue weighted by Crippen LogP contribution is 2.20. The van der Waals surface area contributed by atoms with Crippen LogP contribution in [0.5, 0.6) is 11.5 Å². The molecule has 6 heteroatoms. The summed E-state index contributed by atoms with van der Waals surface area (Å²) in [7, 11) is 3.26. The Hall–Kier alpha value is -3.02. The fraction of sp³-hybridized carbons (Fsp3) is 0.263. The molecule has 0 radical (unpaired) electrons. The van der Waals surface area contributed by atoms with Crippen LogP contribution < -0.4 is 14.8 Å². The van der Waals surface area contributed by atoms with Gasteiger partial charge in [-0.15, -0.1) is 0 Å². The summed E-state index contributed by atoms with van der Waals surface area (Å²) in [6.07, 6.45) is 2.15. The van der Waals surface area contributed by atoms with Crippen LogP contribution in [0.25, 0.3) is 10.9 Å². The van der Waals surface area contributed by atoms with Crippen molar-refractivity contribution in [1.29, 1.82) is 0 Å². The van der Waals surface area contributed by atoms with Crippen molar-refractivity contribution in [3.8, 4) is 11.5 Å². The molecule has 2 aromatic carbocycles. The van der Waals surface area contributed by atoms with E-state index in [1.165, 1.54) is 0 Å². The summed E-state index contributed by atoms with van der Waals surface area (Å²) in [5, 5.41) is 8.27. The summed E-state index contributed by atoms with van der Waals surface area (Å²) < 4.78 is 12.2. The lowest BCUT2D eigenvalue weighted by molar-refractivity contribution is -0.121. The van der Waals surface area contributed by atoms with Crippen molar-refractivity contribution in [2.75, 3.05) is 14.2 Å². The average molecular weight is 339 g/mol. The number of amides is 1. The molecule has 0 aliphatic heterocycles. The molecule has 0 atom stereocenters. The van der Waals surface area contributed by atoms with E-state index in [4.69, 9.17) is 9.47 Å². The van der Waals surface area contributed by atoms with Gasteiger partial charge in [0.15, 0.2) is 0 Å². The second-order valence-electron chi connectivity index (χ2n) is 5.67. The maximum absolute atomic E-state index is 12.1. The molecule has 0 aliphatic rings. The summed E-state index contributed by atoms with van der Waals surface area (Å²) in [5.41, 5.74) is 1.99. The Labute approximate surface area is 146 Å². The van der Waals surface area contributed by atoms with Crippen molar-refractivity contribution >= 4 is 16.8 Å². The van der Waals surface area contributed by atoms with Gasteiger partial charge >= 0.3 is 0 Å². The maximum atomic E-state index is 12.1. The Morgan fingerprint density at radius 1 is 1.12 bits per heavy atom. The van der Waals surface area contributed by atoms with Crippen LogP contribution in [0.2, 0.25) is 0 Å². The smallest absolute Gasteiger partial charge is 0.222 e. The molecule has 0 saturated carbocycles. The van der Waals surface area contributed by atoms with Crippen molar-refractivity contribution in [3.63, 3.8) is 0 Å². The average Bonchev–Trinajstić information content (AvgIpc) is 3.07. The van der Waals surface area contributed by atoms with Gasteiger partial charge in [0, 0.05) is 18.4 Å². The molecule has 0 fully saturated rings. The largest absolute Gasteiger partial charge is 0.497 e. The molecule has 0 unspecified atom stereocenters. The number of nitrogens with one attached hydrogen (secondary N) is 1. The van der Waals surface area contributed by atoms with E-state index in [9.17, 15) is 4.79 Å². The first-order valence-corrected chi connectivity index (χ1v) is 8.09. The minimum atomic E-state index is -0.0139. The van der Waals surface area contributed by atoms with Gasteiger partial charge in [-0.25, -0.2) is 0 Å². The van der Waals surface area contributed by atoms with Crippen LogP contribution in [0.3, 0.4) is 0 Å². The number of hydrogen-bond donors (Lipinski definition) is 1. The molecule has 1 amide bonds. The zero-order valence-electron chi connectivity index (χ0n) is 14.4. The van der Waals surface area contributed by atoms with Gasteiger partial charge < -0.3 is 14.8 Å². The molecule has 130 valence electrons. The molecule has 0 spiro atoms. The van der Waals surface area contributed by atoms with Gasteiger partial charge in [-0.1, -0.05) is 12.1 Å². The van der Waals surface area contributed by atoms with E-state index in [0.717, 1.165) is 28.0 Å². The molecular formula is C19H21N3O3. The van der Waals surface area contributed by atoms with E-state index in [2.05, 4.69) is 10.4 Å². The Morgan fingerprint density at radius 2 is 1.92 bits per heavy atom. The van der Waals surface area contributed by atoms with Gasteiger partial charge in [0.1, 0.15) is 11.5 Å². The first-order valence-electron chi connectivity index (χ1n) is 8.09. The third-order valence-corrected chi connectivity index (χ3v) is 4.02. The summed E-state index contributed by atoms with van der Waals surface area (Å²) in [6.45, 7) is 1.01. The van der Waals surface area contributed by atoms with Gasteiger partial charge in [-0.3, -0.25) is 9.48 Å². The van der Waals surface area contributed by atoms with Crippen LogP contribution in [0.1, 0.15) is 12.0 Å². The van der Waals surface area contributed by atoms with Crippen molar-refractivity contribution < 1.29 is 14.3 Å². The molecular weight excluding hydrogens is 318 g/mol. The third kappa shape index (κ3) is 4.09. The number of fused-ring (bicyclic) bond motifs is 1. The third-order valence-electron chi connectivity index (χ3n) is 4.02. The van der Waals surface area contributed by atoms with Crippen LogP contribution in [0, 0.1) is 0 Å². The highest BCUT2D eigenvalue weighted by Gasteiger charge is 2.07. The molecule has 1 heterocycles. The van der Waals surface area contributed by atoms with E-state index in [1.807, 2.05) is 47.1 Å². The lowest BCUT2D eigenvalue weighted by Crippen LogP contribution is -2.24. The standard InChI is InChI=1S/C19H21N3O3/c1-24-16-5-3-4-14(10-16)12-20-19(23)8-9-22-18-7-6-17(25-2)11-15(18)13-21-22/h3-7,10-11,13H,8-9,12H2,1-2H3,(H,20,23). The lowest BCUT2D eigenvalue weighted by Gasteiger charge is -2.08. The second kappa shape index (κ2) is 7.70.